The summed E-state index contributed by atoms with van der Waals surface area (Å²) in [5, 5.41) is 0. The third-order valence-corrected chi connectivity index (χ3v) is 6.86. The van der Waals surface area contributed by atoms with Gasteiger partial charge in [0.25, 0.3) is 0 Å². The normalized spacial score (nSPS) is 33.9. The fourth-order valence-corrected chi connectivity index (χ4v) is 5.83. The molecule has 0 saturated carbocycles. The maximum absolute atomic E-state index is 12.7. The molecule has 1 saturated heterocycles. The quantitative estimate of drug-likeness (QED) is 0.798. The van der Waals surface area contributed by atoms with Crippen LogP contribution in [0.4, 0.5) is 0 Å². The van der Waals surface area contributed by atoms with Gasteiger partial charge in [-0.25, -0.2) is 8.42 Å². The van der Waals surface area contributed by atoms with Crippen molar-refractivity contribution >= 4 is 9.84 Å². The lowest BCUT2D eigenvalue weighted by Gasteiger charge is -2.30. The van der Waals surface area contributed by atoms with Crippen LogP contribution in [-0.2, 0) is 14.6 Å². The van der Waals surface area contributed by atoms with Crippen molar-refractivity contribution in [1.82, 2.24) is 0 Å². The van der Waals surface area contributed by atoms with Gasteiger partial charge in [-0.15, -0.1) is 0 Å². The van der Waals surface area contributed by atoms with E-state index in [1.807, 2.05) is 12.1 Å². The Labute approximate surface area is 121 Å². The summed E-state index contributed by atoms with van der Waals surface area (Å²) >= 11 is 0. The summed E-state index contributed by atoms with van der Waals surface area (Å²) in [5.74, 6) is 0.231. The molecule has 0 spiro atoms. The molecule has 3 nitrogen and oxygen atoms in total. The Balaban J connectivity index is 2.06. The van der Waals surface area contributed by atoms with Gasteiger partial charge >= 0.3 is 0 Å². The Morgan fingerprint density at radius 2 is 2.05 bits per heavy atom. The fourth-order valence-electron chi connectivity index (χ4n) is 3.57. The van der Waals surface area contributed by atoms with Gasteiger partial charge in [-0.05, 0) is 18.9 Å². The highest BCUT2D eigenvalue weighted by atomic mass is 32.2. The standard InChI is InChI=1S/C16H22O3S/c1-3-5-10-16(4-2)11-20(17,18)13-9-7-6-8-12(13)14-15(16)19-14/h6-9,14-15H,3-5,10-11H2,1-2H3/t14-,15-,16-/m1/s1. The number of hydrogen-bond donors (Lipinski definition) is 0. The second-order valence-electron chi connectivity index (χ2n) is 6.09. The van der Waals surface area contributed by atoms with Crippen LogP contribution < -0.4 is 0 Å². The maximum atomic E-state index is 12.7. The van der Waals surface area contributed by atoms with E-state index in [0.717, 1.165) is 31.2 Å². The van der Waals surface area contributed by atoms with Gasteiger partial charge in [0, 0.05) is 11.0 Å². The highest BCUT2D eigenvalue weighted by Crippen LogP contribution is 2.57. The lowest BCUT2D eigenvalue weighted by atomic mass is 9.77. The van der Waals surface area contributed by atoms with Crippen molar-refractivity contribution in [2.75, 3.05) is 5.75 Å². The Kier molecular flexibility index (Phi) is 3.41. The Morgan fingerprint density at radius 3 is 2.75 bits per heavy atom. The first kappa shape index (κ1) is 14.1. The minimum atomic E-state index is -3.21. The molecular formula is C16H22O3S. The first-order valence-electron chi connectivity index (χ1n) is 7.51. The van der Waals surface area contributed by atoms with E-state index in [0.29, 0.717) is 4.90 Å². The van der Waals surface area contributed by atoms with Crippen LogP contribution >= 0.6 is 0 Å². The predicted octanol–water partition coefficient (Wildman–Crippen LogP) is 3.50. The summed E-state index contributed by atoms with van der Waals surface area (Å²) in [4.78, 5) is 0.485. The molecule has 2 aliphatic heterocycles. The molecule has 20 heavy (non-hydrogen) atoms. The van der Waals surface area contributed by atoms with Crippen LogP contribution in [0.1, 0.15) is 51.2 Å². The Morgan fingerprint density at radius 1 is 1.30 bits per heavy atom. The highest BCUT2D eigenvalue weighted by Gasteiger charge is 2.58. The number of hydrogen-bond acceptors (Lipinski definition) is 3. The summed E-state index contributed by atoms with van der Waals surface area (Å²) in [5.41, 5.74) is 0.655. The van der Waals surface area contributed by atoms with Crippen LogP contribution in [0.3, 0.4) is 0 Å². The number of epoxide rings is 1. The molecule has 0 radical (unpaired) electrons. The summed E-state index contributed by atoms with van der Waals surface area (Å²) in [7, 11) is -3.21. The average Bonchev–Trinajstić information content (AvgIpc) is 3.24. The molecule has 4 heteroatoms. The van der Waals surface area contributed by atoms with E-state index >= 15 is 0 Å². The number of fused-ring (bicyclic) bond motifs is 3. The first-order chi connectivity index (χ1) is 9.54. The predicted molar refractivity (Wildman–Crippen MR) is 78.4 cm³/mol. The minimum Gasteiger partial charge on any atom is -0.364 e. The van der Waals surface area contributed by atoms with E-state index < -0.39 is 9.84 Å². The smallest absolute Gasteiger partial charge is 0.179 e. The molecule has 2 aliphatic rings. The van der Waals surface area contributed by atoms with Crippen molar-refractivity contribution < 1.29 is 13.2 Å². The topological polar surface area (TPSA) is 46.7 Å². The van der Waals surface area contributed by atoms with Crippen LogP contribution in [-0.4, -0.2) is 20.3 Å². The van der Waals surface area contributed by atoms with Crippen molar-refractivity contribution in [1.29, 1.82) is 0 Å². The van der Waals surface area contributed by atoms with Crippen LogP contribution in [0.5, 0.6) is 0 Å². The van der Waals surface area contributed by atoms with Crippen molar-refractivity contribution in [2.45, 2.75) is 56.6 Å². The molecule has 0 bridgehead atoms. The van der Waals surface area contributed by atoms with Gasteiger partial charge in [0.2, 0.25) is 0 Å². The van der Waals surface area contributed by atoms with Crippen LogP contribution in [0.25, 0.3) is 0 Å². The zero-order chi connectivity index (χ0) is 14.4. The van der Waals surface area contributed by atoms with Gasteiger partial charge in [0.05, 0.1) is 16.8 Å². The van der Waals surface area contributed by atoms with Gasteiger partial charge in [0.1, 0.15) is 6.10 Å². The summed E-state index contributed by atoms with van der Waals surface area (Å²) < 4.78 is 31.4. The van der Waals surface area contributed by atoms with Crippen LogP contribution in [0.15, 0.2) is 29.2 Å². The molecule has 3 atom stereocenters. The van der Waals surface area contributed by atoms with Gasteiger partial charge < -0.3 is 4.74 Å². The van der Waals surface area contributed by atoms with E-state index in [1.54, 1.807) is 12.1 Å². The minimum absolute atomic E-state index is 0.0136. The summed E-state index contributed by atoms with van der Waals surface area (Å²) in [6, 6.07) is 7.34. The molecule has 0 aromatic heterocycles. The molecule has 1 aromatic rings. The number of benzene rings is 1. The fraction of sp³-hybridized carbons (Fsp3) is 0.625. The van der Waals surface area contributed by atoms with Crippen molar-refractivity contribution in [3.63, 3.8) is 0 Å². The zero-order valence-electron chi connectivity index (χ0n) is 12.1. The Bertz CT molecular complexity index is 608. The van der Waals surface area contributed by atoms with Gasteiger partial charge in [-0.2, -0.15) is 0 Å². The number of ether oxygens (including phenoxy) is 1. The van der Waals surface area contributed by atoms with E-state index in [9.17, 15) is 8.42 Å². The monoisotopic (exact) mass is 294 g/mol. The molecule has 0 unspecified atom stereocenters. The molecule has 0 N–H and O–H groups in total. The number of unbranched alkanes of at least 4 members (excludes halogenated alkanes) is 1. The van der Waals surface area contributed by atoms with Gasteiger partial charge in [-0.1, -0.05) is 44.9 Å². The number of rotatable bonds is 4. The third kappa shape index (κ3) is 2.09. The lowest BCUT2D eigenvalue weighted by Crippen LogP contribution is -2.34. The highest BCUT2D eigenvalue weighted by molar-refractivity contribution is 7.91. The average molecular weight is 294 g/mol. The molecule has 0 amide bonds. The van der Waals surface area contributed by atoms with E-state index in [4.69, 9.17) is 4.74 Å². The molecule has 110 valence electrons. The third-order valence-electron chi connectivity index (χ3n) is 4.87. The molecular weight excluding hydrogens is 272 g/mol. The van der Waals surface area contributed by atoms with Gasteiger partial charge in [0.15, 0.2) is 9.84 Å². The van der Waals surface area contributed by atoms with Crippen molar-refractivity contribution in [3.05, 3.63) is 29.8 Å². The van der Waals surface area contributed by atoms with E-state index in [2.05, 4.69) is 13.8 Å². The van der Waals surface area contributed by atoms with Gasteiger partial charge in [-0.3, -0.25) is 0 Å². The second kappa shape index (κ2) is 4.85. The maximum Gasteiger partial charge on any atom is 0.179 e. The molecule has 1 fully saturated rings. The largest absolute Gasteiger partial charge is 0.364 e. The first-order valence-corrected chi connectivity index (χ1v) is 9.16. The summed E-state index contributed by atoms with van der Waals surface area (Å²) in [6.45, 7) is 4.24. The Hall–Kier alpha value is -0.870. The van der Waals surface area contributed by atoms with Crippen molar-refractivity contribution in [2.24, 2.45) is 5.41 Å². The SMILES string of the molecule is CCCC[C@]1(CC)CS(=O)(=O)c2ccccc2[C@H]2O[C@H]21. The van der Waals surface area contributed by atoms with Crippen LogP contribution in [0, 0.1) is 5.41 Å². The number of sulfone groups is 1. The molecule has 1 aromatic carbocycles. The summed E-state index contributed by atoms with van der Waals surface area (Å²) in [6.07, 6.45) is 4.02. The zero-order valence-corrected chi connectivity index (χ0v) is 12.9. The van der Waals surface area contributed by atoms with Crippen LogP contribution in [0.2, 0.25) is 0 Å². The van der Waals surface area contributed by atoms with E-state index in [-0.39, 0.29) is 23.4 Å². The molecule has 2 heterocycles. The molecule has 0 aliphatic carbocycles. The lowest BCUT2D eigenvalue weighted by molar-refractivity contribution is 0.192. The van der Waals surface area contributed by atoms with E-state index in [1.165, 1.54) is 0 Å². The molecule has 3 rings (SSSR count). The van der Waals surface area contributed by atoms with Crippen molar-refractivity contribution in [3.8, 4) is 0 Å². The second-order valence-corrected chi connectivity index (χ2v) is 8.05.